The first-order valence-corrected chi connectivity index (χ1v) is 9.47. The first kappa shape index (κ1) is 20.9. The van der Waals surface area contributed by atoms with Crippen molar-refractivity contribution < 1.29 is 18.3 Å². The van der Waals surface area contributed by atoms with Gasteiger partial charge in [0, 0.05) is 16.6 Å². The van der Waals surface area contributed by atoms with Gasteiger partial charge in [-0.2, -0.15) is 0 Å². The molecule has 0 bridgehead atoms. The molecule has 0 radical (unpaired) electrons. The highest BCUT2D eigenvalue weighted by Crippen LogP contribution is 2.39. The zero-order chi connectivity index (χ0) is 20.4. The second-order valence-corrected chi connectivity index (χ2v) is 7.46. The van der Waals surface area contributed by atoms with Crippen molar-refractivity contribution >= 4 is 56.6 Å². The van der Waals surface area contributed by atoms with Gasteiger partial charge in [-0.25, -0.2) is 13.8 Å². The molecule has 0 aliphatic heterocycles. The highest BCUT2D eigenvalue weighted by Gasteiger charge is 2.19. The summed E-state index contributed by atoms with van der Waals surface area (Å²) in [6.07, 6.45) is 1.26. The summed E-state index contributed by atoms with van der Waals surface area (Å²) in [7, 11) is 0. The summed E-state index contributed by atoms with van der Waals surface area (Å²) in [6.45, 7) is -0.186. The van der Waals surface area contributed by atoms with Crippen molar-refractivity contribution in [1.29, 1.82) is 0 Å². The van der Waals surface area contributed by atoms with E-state index >= 15 is 0 Å². The number of benzene rings is 2. The Bertz CT molecular complexity index is 1060. The zero-order valence-corrected chi connectivity index (χ0v) is 17.5. The molecule has 1 aromatic heterocycles. The van der Waals surface area contributed by atoms with E-state index in [0.717, 1.165) is 6.07 Å². The van der Waals surface area contributed by atoms with E-state index in [9.17, 15) is 13.6 Å². The van der Waals surface area contributed by atoms with Gasteiger partial charge in [0.15, 0.2) is 16.7 Å². The fourth-order valence-corrected chi connectivity index (χ4v) is 3.15. The molecule has 146 valence electrons. The van der Waals surface area contributed by atoms with Gasteiger partial charge in [0.05, 0.1) is 11.3 Å². The van der Waals surface area contributed by atoms with Crippen molar-refractivity contribution in [3.63, 3.8) is 0 Å². The monoisotopic (exact) mass is 509 g/mol. The van der Waals surface area contributed by atoms with Crippen molar-refractivity contribution in [2.24, 2.45) is 0 Å². The zero-order valence-electron chi connectivity index (χ0n) is 13.6. The SMILES string of the molecule is O=C(NCc1ccc(Cl)c(Oc2cc(Br)cc(F)c2Cl)c1F)c1[nH]cnc1Cl. The molecule has 11 heteroatoms. The molecule has 1 heterocycles. The topological polar surface area (TPSA) is 67.0 Å². The largest absolute Gasteiger partial charge is 0.451 e. The number of halogens is 6. The number of nitrogens with zero attached hydrogens (tertiary/aromatic N) is 1. The normalized spacial score (nSPS) is 10.8. The number of rotatable bonds is 5. The average molecular weight is 512 g/mol. The molecule has 3 rings (SSSR count). The van der Waals surface area contributed by atoms with E-state index in [2.05, 4.69) is 31.2 Å². The van der Waals surface area contributed by atoms with Crippen LogP contribution in [0.2, 0.25) is 15.2 Å². The third-order valence-electron chi connectivity index (χ3n) is 3.56. The van der Waals surface area contributed by atoms with Crippen LogP contribution in [0.25, 0.3) is 0 Å². The second-order valence-electron chi connectivity index (χ2n) is 5.40. The first-order valence-electron chi connectivity index (χ1n) is 7.54. The van der Waals surface area contributed by atoms with E-state index in [-0.39, 0.29) is 44.5 Å². The predicted molar refractivity (Wildman–Crippen MR) is 105 cm³/mol. The Hall–Kier alpha value is -1.87. The smallest absolute Gasteiger partial charge is 0.271 e. The van der Waals surface area contributed by atoms with Gasteiger partial charge >= 0.3 is 0 Å². The van der Waals surface area contributed by atoms with Crippen LogP contribution < -0.4 is 10.1 Å². The Kier molecular flexibility index (Phi) is 6.44. The molecule has 1 amide bonds. The number of amides is 1. The van der Waals surface area contributed by atoms with E-state index in [4.69, 9.17) is 39.5 Å². The molecule has 0 saturated heterocycles. The molecule has 0 atom stereocenters. The lowest BCUT2D eigenvalue weighted by Crippen LogP contribution is -2.24. The quantitative estimate of drug-likeness (QED) is 0.405. The summed E-state index contributed by atoms with van der Waals surface area (Å²) >= 11 is 20.8. The summed E-state index contributed by atoms with van der Waals surface area (Å²) in [6, 6.07) is 5.27. The lowest BCUT2D eigenvalue weighted by atomic mass is 10.2. The number of hydrogen-bond acceptors (Lipinski definition) is 3. The third kappa shape index (κ3) is 4.41. The van der Waals surface area contributed by atoms with Crippen molar-refractivity contribution in [2.75, 3.05) is 0 Å². The standard InChI is InChI=1S/C17H9BrCl3F2N3O2/c18-8-3-10(22)12(20)11(4-8)28-15-9(19)2-1-7(13(15)23)5-24-17(27)14-16(21)26-6-25-14/h1-4,6H,5H2,(H,24,27)(H,25,26). The first-order chi connectivity index (χ1) is 13.3. The number of ether oxygens (including phenoxy) is 1. The average Bonchev–Trinajstić information content (AvgIpc) is 3.07. The van der Waals surface area contributed by atoms with Crippen LogP contribution in [0.4, 0.5) is 8.78 Å². The maximum Gasteiger partial charge on any atom is 0.271 e. The molecule has 0 saturated carbocycles. The molecule has 28 heavy (non-hydrogen) atoms. The Morgan fingerprint density at radius 3 is 2.68 bits per heavy atom. The summed E-state index contributed by atoms with van der Waals surface area (Å²) in [4.78, 5) is 18.3. The van der Waals surface area contributed by atoms with Crippen LogP contribution in [0.3, 0.4) is 0 Å². The molecule has 5 nitrogen and oxygen atoms in total. The van der Waals surface area contributed by atoms with Crippen LogP contribution in [0.15, 0.2) is 35.1 Å². The minimum absolute atomic E-state index is 0.00979. The number of carbonyl (C=O) groups is 1. The van der Waals surface area contributed by atoms with E-state index in [0.29, 0.717) is 4.47 Å². The lowest BCUT2D eigenvalue weighted by Gasteiger charge is -2.14. The van der Waals surface area contributed by atoms with Crippen LogP contribution in [0, 0.1) is 11.6 Å². The fraction of sp³-hybridized carbons (Fsp3) is 0.0588. The van der Waals surface area contributed by atoms with Crippen LogP contribution in [0.1, 0.15) is 16.1 Å². The van der Waals surface area contributed by atoms with Crippen molar-refractivity contribution in [2.45, 2.75) is 6.54 Å². The van der Waals surface area contributed by atoms with Crippen molar-refractivity contribution in [3.8, 4) is 11.5 Å². The Balaban J connectivity index is 1.84. The summed E-state index contributed by atoms with van der Waals surface area (Å²) in [5, 5.41) is 2.10. The Morgan fingerprint density at radius 2 is 2.00 bits per heavy atom. The van der Waals surface area contributed by atoms with Gasteiger partial charge in [-0.05, 0) is 18.2 Å². The van der Waals surface area contributed by atoms with Crippen LogP contribution in [-0.4, -0.2) is 15.9 Å². The van der Waals surface area contributed by atoms with Gasteiger partial charge in [-0.3, -0.25) is 4.79 Å². The van der Waals surface area contributed by atoms with Gasteiger partial charge in [0.1, 0.15) is 22.3 Å². The number of H-pyrrole nitrogens is 1. The highest BCUT2D eigenvalue weighted by molar-refractivity contribution is 9.10. The Labute approximate surface area is 181 Å². The maximum atomic E-state index is 14.9. The molecule has 0 spiro atoms. The molecular weight excluding hydrogens is 502 g/mol. The number of carbonyl (C=O) groups excluding carboxylic acids is 1. The van der Waals surface area contributed by atoms with Crippen LogP contribution in [-0.2, 0) is 6.54 Å². The Morgan fingerprint density at radius 1 is 1.25 bits per heavy atom. The van der Waals surface area contributed by atoms with Crippen LogP contribution >= 0.6 is 50.7 Å². The molecule has 3 aromatic rings. The minimum Gasteiger partial charge on any atom is -0.451 e. The van der Waals surface area contributed by atoms with Gasteiger partial charge in [-0.15, -0.1) is 0 Å². The summed E-state index contributed by atoms with van der Waals surface area (Å²) in [5.41, 5.74) is 0.124. The molecule has 2 N–H and O–H groups in total. The predicted octanol–water partition coefficient (Wildman–Crippen LogP) is 6.13. The molecule has 0 unspecified atom stereocenters. The molecule has 0 aliphatic rings. The number of imidazole rings is 1. The highest BCUT2D eigenvalue weighted by atomic mass is 79.9. The van der Waals surface area contributed by atoms with Crippen molar-refractivity contribution in [1.82, 2.24) is 15.3 Å². The van der Waals surface area contributed by atoms with Gasteiger partial charge in [-0.1, -0.05) is 56.8 Å². The van der Waals surface area contributed by atoms with E-state index in [1.54, 1.807) is 0 Å². The number of aromatic nitrogens is 2. The van der Waals surface area contributed by atoms with E-state index in [1.165, 1.54) is 24.5 Å². The number of nitrogens with one attached hydrogen (secondary N) is 2. The van der Waals surface area contributed by atoms with Crippen molar-refractivity contribution in [3.05, 3.63) is 73.2 Å². The molecule has 0 aliphatic carbocycles. The van der Waals surface area contributed by atoms with Gasteiger partial charge < -0.3 is 15.0 Å². The van der Waals surface area contributed by atoms with Crippen LogP contribution in [0.5, 0.6) is 11.5 Å². The third-order valence-corrected chi connectivity index (χ3v) is 4.97. The minimum atomic E-state index is -0.833. The fourth-order valence-electron chi connectivity index (χ4n) is 2.22. The van der Waals surface area contributed by atoms with Gasteiger partial charge in [0.2, 0.25) is 0 Å². The second kappa shape index (κ2) is 8.65. The van der Waals surface area contributed by atoms with E-state index < -0.39 is 17.5 Å². The number of aromatic amines is 1. The molecular formula is C17H9BrCl3F2N3O2. The summed E-state index contributed by atoms with van der Waals surface area (Å²) in [5.74, 6) is -2.63. The summed E-state index contributed by atoms with van der Waals surface area (Å²) < 4.78 is 34.4. The lowest BCUT2D eigenvalue weighted by molar-refractivity contribution is 0.0946. The number of hydrogen-bond donors (Lipinski definition) is 2. The maximum absolute atomic E-state index is 14.9. The molecule has 0 fully saturated rings. The molecule has 2 aromatic carbocycles. The van der Waals surface area contributed by atoms with Gasteiger partial charge in [0.25, 0.3) is 5.91 Å². The van der Waals surface area contributed by atoms with E-state index in [1.807, 2.05) is 0 Å².